The van der Waals surface area contributed by atoms with Crippen molar-refractivity contribution >= 4 is 23.2 Å². The van der Waals surface area contributed by atoms with Crippen LogP contribution in [0.1, 0.15) is 6.42 Å². The summed E-state index contributed by atoms with van der Waals surface area (Å²) in [4.78, 5) is 21.5. The Bertz CT molecular complexity index is 669. The Morgan fingerprint density at radius 2 is 2.53 bits per heavy atom. The third kappa shape index (κ3) is 1.60. The molecule has 1 fully saturated rings. The maximum atomic E-state index is 11.2. The number of aliphatic hydroxyl groups excluding tert-OH is 1. The second-order valence-corrected chi connectivity index (χ2v) is 4.07. The Balaban J connectivity index is 2.13. The van der Waals surface area contributed by atoms with Crippen LogP contribution < -0.4 is 11.4 Å². The molecule has 1 aliphatic rings. The summed E-state index contributed by atoms with van der Waals surface area (Å²) in [5.74, 6) is 0.443. The SMILES string of the molecule is Nc1[nH]c(=O)nc2c1ncn2/C=C1/C[C@H]1CO. The van der Waals surface area contributed by atoms with Crippen LogP contribution in [-0.2, 0) is 0 Å². The number of aromatic nitrogens is 4. The lowest BCUT2D eigenvalue weighted by Crippen LogP contribution is -2.13. The smallest absolute Gasteiger partial charge is 0.348 e. The highest BCUT2D eigenvalue weighted by molar-refractivity contribution is 5.82. The molecule has 2 aromatic heterocycles. The lowest BCUT2D eigenvalue weighted by Gasteiger charge is -1.96. The van der Waals surface area contributed by atoms with Gasteiger partial charge in [0.1, 0.15) is 17.7 Å². The van der Waals surface area contributed by atoms with Crippen molar-refractivity contribution in [2.45, 2.75) is 6.42 Å². The van der Waals surface area contributed by atoms with Crippen LogP contribution in [0.5, 0.6) is 0 Å². The second-order valence-electron chi connectivity index (χ2n) is 4.07. The Morgan fingerprint density at radius 1 is 1.71 bits per heavy atom. The number of aliphatic hydroxyl groups is 1. The van der Waals surface area contributed by atoms with Gasteiger partial charge in [-0.15, -0.1) is 0 Å². The fourth-order valence-electron chi connectivity index (χ4n) is 1.79. The number of hydrogen-bond acceptors (Lipinski definition) is 5. The van der Waals surface area contributed by atoms with Gasteiger partial charge in [0.05, 0.1) is 0 Å². The van der Waals surface area contributed by atoms with E-state index in [1.807, 2.05) is 6.20 Å². The first-order valence-corrected chi connectivity index (χ1v) is 5.23. The van der Waals surface area contributed by atoms with Gasteiger partial charge in [-0.1, -0.05) is 0 Å². The summed E-state index contributed by atoms with van der Waals surface area (Å²) in [6.07, 6.45) is 4.26. The van der Waals surface area contributed by atoms with Crippen molar-refractivity contribution in [3.05, 3.63) is 22.4 Å². The Morgan fingerprint density at radius 3 is 3.24 bits per heavy atom. The molecule has 2 aromatic rings. The molecule has 88 valence electrons. The second kappa shape index (κ2) is 3.42. The van der Waals surface area contributed by atoms with Gasteiger partial charge in [0.2, 0.25) is 0 Å². The topological polar surface area (TPSA) is 110 Å². The van der Waals surface area contributed by atoms with Crippen LogP contribution in [0.4, 0.5) is 5.82 Å². The number of nitrogen functional groups attached to an aromatic ring is 1. The van der Waals surface area contributed by atoms with E-state index >= 15 is 0 Å². The molecular formula is C10H11N5O2. The third-order valence-corrected chi connectivity index (χ3v) is 2.84. The predicted molar refractivity (Wildman–Crippen MR) is 62.0 cm³/mol. The minimum absolute atomic E-state index is 0.147. The molecule has 7 heteroatoms. The zero-order valence-electron chi connectivity index (χ0n) is 8.92. The number of aromatic amines is 1. The first kappa shape index (κ1) is 10.0. The lowest BCUT2D eigenvalue weighted by molar-refractivity contribution is 0.281. The Labute approximate surface area is 95.6 Å². The molecule has 17 heavy (non-hydrogen) atoms. The maximum Gasteiger partial charge on any atom is 0.348 e. The van der Waals surface area contributed by atoms with Crippen molar-refractivity contribution in [1.29, 1.82) is 0 Å². The van der Waals surface area contributed by atoms with Gasteiger partial charge in [-0.25, -0.2) is 9.78 Å². The molecule has 0 bridgehead atoms. The van der Waals surface area contributed by atoms with Gasteiger partial charge >= 0.3 is 5.69 Å². The summed E-state index contributed by atoms with van der Waals surface area (Å²) in [7, 11) is 0. The molecule has 2 heterocycles. The summed E-state index contributed by atoms with van der Waals surface area (Å²) >= 11 is 0. The summed E-state index contributed by atoms with van der Waals surface area (Å²) < 4.78 is 1.66. The van der Waals surface area contributed by atoms with Crippen molar-refractivity contribution in [3.8, 4) is 0 Å². The van der Waals surface area contributed by atoms with E-state index in [2.05, 4.69) is 15.0 Å². The van der Waals surface area contributed by atoms with E-state index in [0.29, 0.717) is 11.2 Å². The van der Waals surface area contributed by atoms with Gasteiger partial charge in [0, 0.05) is 18.7 Å². The minimum atomic E-state index is -0.496. The van der Waals surface area contributed by atoms with Crippen LogP contribution in [0.25, 0.3) is 17.4 Å². The Hall–Kier alpha value is -2.15. The number of nitrogens with zero attached hydrogens (tertiary/aromatic N) is 3. The van der Waals surface area contributed by atoms with E-state index < -0.39 is 5.69 Å². The number of imidazole rings is 1. The highest BCUT2D eigenvalue weighted by Gasteiger charge is 2.28. The molecular weight excluding hydrogens is 222 g/mol. The molecule has 4 N–H and O–H groups in total. The minimum Gasteiger partial charge on any atom is -0.396 e. The van der Waals surface area contributed by atoms with E-state index in [1.54, 1.807) is 10.9 Å². The van der Waals surface area contributed by atoms with Crippen LogP contribution in [0.2, 0.25) is 0 Å². The van der Waals surface area contributed by atoms with Crippen LogP contribution >= 0.6 is 0 Å². The van der Waals surface area contributed by atoms with Crippen molar-refractivity contribution in [3.63, 3.8) is 0 Å². The van der Waals surface area contributed by atoms with Gasteiger partial charge in [-0.2, -0.15) is 4.98 Å². The zero-order valence-corrected chi connectivity index (χ0v) is 8.92. The number of fused-ring (bicyclic) bond motifs is 1. The largest absolute Gasteiger partial charge is 0.396 e. The zero-order chi connectivity index (χ0) is 12.0. The van der Waals surface area contributed by atoms with Crippen LogP contribution in [0.15, 0.2) is 16.7 Å². The average Bonchev–Trinajstić information content (AvgIpc) is 2.92. The van der Waals surface area contributed by atoms with Crippen molar-refractivity contribution < 1.29 is 5.11 Å². The van der Waals surface area contributed by atoms with E-state index in [-0.39, 0.29) is 18.3 Å². The fourth-order valence-corrected chi connectivity index (χ4v) is 1.79. The number of anilines is 1. The molecule has 0 aliphatic heterocycles. The molecule has 0 aromatic carbocycles. The van der Waals surface area contributed by atoms with Gasteiger partial charge < -0.3 is 10.8 Å². The fraction of sp³-hybridized carbons (Fsp3) is 0.300. The molecule has 0 saturated heterocycles. The van der Waals surface area contributed by atoms with Crippen LogP contribution in [0.3, 0.4) is 0 Å². The Kier molecular flexibility index (Phi) is 2.02. The number of rotatable bonds is 2. The van der Waals surface area contributed by atoms with E-state index in [1.165, 1.54) is 0 Å². The predicted octanol–water partition coefficient (Wildman–Crippen LogP) is -0.445. The average molecular weight is 233 g/mol. The molecule has 0 radical (unpaired) electrons. The summed E-state index contributed by atoms with van der Waals surface area (Å²) in [5, 5.41) is 8.95. The highest BCUT2D eigenvalue weighted by atomic mass is 16.3. The van der Waals surface area contributed by atoms with E-state index in [4.69, 9.17) is 10.8 Å². The molecule has 1 aliphatic carbocycles. The maximum absolute atomic E-state index is 11.2. The quantitative estimate of drug-likeness (QED) is 0.651. The number of nitrogens with one attached hydrogen (secondary N) is 1. The molecule has 7 nitrogen and oxygen atoms in total. The summed E-state index contributed by atoms with van der Waals surface area (Å²) in [6, 6.07) is 0. The standard InChI is InChI=1S/C10H11N5O2/c11-8-7-9(14-10(17)13-8)15(4-12-7)2-5-1-6(5)3-16/h2,4,6,16H,1,3H2,(H3,11,13,14,17)/b5-2-/t6-/m0/s1. The lowest BCUT2D eigenvalue weighted by atomic mass is 10.4. The third-order valence-electron chi connectivity index (χ3n) is 2.84. The van der Waals surface area contributed by atoms with E-state index in [0.717, 1.165) is 12.0 Å². The first-order valence-electron chi connectivity index (χ1n) is 5.23. The van der Waals surface area contributed by atoms with Crippen molar-refractivity contribution in [2.24, 2.45) is 5.92 Å². The summed E-state index contributed by atoms with van der Waals surface area (Å²) in [6.45, 7) is 0.147. The molecule has 0 amide bonds. The van der Waals surface area contributed by atoms with Crippen LogP contribution in [0, 0.1) is 5.92 Å². The van der Waals surface area contributed by atoms with Crippen LogP contribution in [-0.4, -0.2) is 31.2 Å². The van der Waals surface area contributed by atoms with Gasteiger partial charge in [0.15, 0.2) is 5.65 Å². The first-order chi connectivity index (χ1) is 8.19. The molecule has 3 rings (SSSR count). The number of H-pyrrole nitrogens is 1. The van der Waals surface area contributed by atoms with Gasteiger partial charge in [-0.3, -0.25) is 9.55 Å². The number of nitrogens with two attached hydrogens (primary N) is 1. The van der Waals surface area contributed by atoms with Crippen molar-refractivity contribution in [1.82, 2.24) is 19.5 Å². The van der Waals surface area contributed by atoms with Gasteiger partial charge in [0.25, 0.3) is 0 Å². The normalized spacial score (nSPS) is 21.2. The molecule has 1 saturated carbocycles. The van der Waals surface area contributed by atoms with Gasteiger partial charge in [-0.05, 0) is 12.0 Å². The monoisotopic (exact) mass is 233 g/mol. The highest BCUT2D eigenvalue weighted by Crippen LogP contribution is 2.37. The van der Waals surface area contributed by atoms with E-state index in [9.17, 15) is 4.79 Å². The van der Waals surface area contributed by atoms with Crippen molar-refractivity contribution in [2.75, 3.05) is 12.3 Å². The number of hydrogen-bond donors (Lipinski definition) is 3. The molecule has 0 unspecified atom stereocenters. The molecule has 0 spiro atoms. The summed E-state index contributed by atoms with van der Waals surface area (Å²) in [5.41, 5.74) is 7.17. The molecule has 1 atom stereocenters.